The van der Waals surface area contributed by atoms with Crippen molar-refractivity contribution in [3.8, 4) is 0 Å². The van der Waals surface area contributed by atoms with E-state index >= 15 is 0 Å². The molecule has 1 unspecified atom stereocenters. The van der Waals surface area contributed by atoms with Crippen molar-refractivity contribution in [3.05, 3.63) is 53.9 Å². The van der Waals surface area contributed by atoms with Gasteiger partial charge in [-0.25, -0.2) is 0 Å². The molecular weight excluding hydrogens is 248 g/mol. The molecular formula is C13H13N2O2S-. The Hall–Kier alpha value is -1.75. The minimum atomic E-state index is -1.53. The lowest BCUT2D eigenvalue weighted by Crippen LogP contribution is -2.08. The lowest BCUT2D eigenvalue weighted by Gasteiger charge is -2.15. The molecule has 0 bridgehead atoms. The maximum absolute atomic E-state index is 11.9. The van der Waals surface area contributed by atoms with E-state index in [0.717, 1.165) is 5.56 Å². The standard InChI is InChI=1S/C13H13N2O2S/c1-10-7-11(9-14-8-10)13(16)15-18(17)12-5-3-2-4-6-12/h2-5,7-9,12H,6H2,1H3/q-1. The van der Waals surface area contributed by atoms with E-state index in [1.54, 1.807) is 18.3 Å². The van der Waals surface area contributed by atoms with Gasteiger partial charge in [0.25, 0.3) is 5.91 Å². The maximum Gasteiger partial charge on any atom is 0.255 e. The molecule has 0 spiro atoms. The van der Waals surface area contributed by atoms with Crippen LogP contribution < -0.4 is 0 Å². The normalized spacial score (nSPS) is 19.9. The second-order valence-corrected chi connectivity index (χ2v) is 5.35. The van der Waals surface area contributed by atoms with Crippen LogP contribution in [0.15, 0.2) is 47.1 Å². The van der Waals surface area contributed by atoms with Gasteiger partial charge in [-0.3, -0.25) is 9.78 Å². The van der Waals surface area contributed by atoms with Crippen LogP contribution in [-0.2, 0) is 14.8 Å². The van der Waals surface area contributed by atoms with Crippen molar-refractivity contribution in [1.82, 2.24) is 4.98 Å². The summed E-state index contributed by atoms with van der Waals surface area (Å²) in [5.74, 6) is -0.479. The van der Waals surface area contributed by atoms with Crippen LogP contribution in [-0.4, -0.2) is 16.1 Å². The van der Waals surface area contributed by atoms with Crippen LogP contribution in [0.2, 0.25) is 0 Å². The molecule has 1 aromatic heterocycles. The highest BCUT2D eigenvalue weighted by Crippen LogP contribution is 2.10. The fourth-order valence-electron chi connectivity index (χ4n) is 1.58. The highest BCUT2D eigenvalue weighted by Gasteiger charge is 2.03. The Morgan fingerprint density at radius 3 is 2.94 bits per heavy atom. The molecule has 4 nitrogen and oxygen atoms in total. The van der Waals surface area contributed by atoms with Crippen molar-refractivity contribution in [2.75, 3.05) is 0 Å². The number of hydrogen-bond acceptors (Lipinski definition) is 4. The van der Waals surface area contributed by atoms with E-state index in [2.05, 4.69) is 9.35 Å². The fourth-order valence-corrected chi connectivity index (χ4v) is 2.49. The smallest absolute Gasteiger partial charge is 0.255 e. The molecule has 0 aliphatic heterocycles. The van der Waals surface area contributed by atoms with E-state index in [1.807, 2.05) is 25.2 Å². The molecule has 1 aliphatic carbocycles. The number of aryl methyl sites for hydroxylation is 1. The summed E-state index contributed by atoms with van der Waals surface area (Å²) in [6.45, 7) is 1.84. The Labute approximate surface area is 108 Å². The first-order valence-corrected chi connectivity index (χ1v) is 6.75. The van der Waals surface area contributed by atoms with Gasteiger partial charge in [0.2, 0.25) is 0 Å². The Morgan fingerprint density at radius 1 is 1.44 bits per heavy atom. The van der Waals surface area contributed by atoms with Gasteiger partial charge in [0.05, 0.1) is 5.56 Å². The van der Waals surface area contributed by atoms with Crippen LogP contribution in [0.25, 0.3) is 0 Å². The van der Waals surface area contributed by atoms with E-state index in [4.69, 9.17) is 0 Å². The van der Waals surface area contributed by atoms with Crippen LogP contribution in [0, 0.1) is 6.92 Å². The number of rotatable bonds is 2. The van der Waals surface area contributed by atoms with Crippen LogP contribution in [0.1, 0.15) is 22.3 Å². The molecule has 2 rings (SSSR count). The number of nitrogens with zero attached hydrogens (tertiary/aromatic N) is 2. The zero-order valence-corrected chi connectivity index (χ0v) is 10.8. The van der Waals surface area contributed by atoms with Crippen LogP contribution in [0.5, 0.6) is 0 Å². The fraction of sp³-hybridized carbons (Fsp3) is 0.231. The summed E-state index contributed by atoms with van der Waals surface area (Å²) in [6.07, 6.45) is 11.2. The largest absolute Gasteiger partial charge is 0.443 e. The van der Waals surface area contributed by atoms with Gasteiger partial charge in [-0.15, -0.1) is 0 Å². The molecule has 18 heavy (non-hydrogen) atoms. The number of carbonyl (C=O) groups is 1. The summed E-state index contributed by atoms with van der Waals surface area (Å²) in [6, 6.07) is 1.69. The van der Waals surface area contributed by atoms with Crippen LogP contribution in [0.4, 0.5) is 0 Å². The lowest BCUT2D eigenvalue weighted by molar-refractivity contribution is 0.100. The van der Waals surface area contributed by atoms with Crippen molar-refractivity contribution in [1.29, 1.82) is 0 Å². The van der Waals surface area contributed by atoms with E-state index < -0.39 is 16.5 Å². The lowest BCUT2D eigenvalue weighted by atomic mass is 10.2. The Kier molecular flexibility index (Phi) is 4.04. The molecule has 0 N–H and O–H groups in total. The first-order chi connectivity index (χ1) is 8.66. The average molecular weight is 261 g/mol. The van der Waals surface area contributed by atoms with Gasteiger partial charge < -0.3 is 8.57 Å². The summed E-state index contributed by atoms with van der Waals surface area (Å²) in [7, 11) is -1.53. The molecule has 0 fully saturated rings. The van der Waals surface area contributed by atoms with Gasteiger partial charge in [-0.05, 0) is 25.0 Å². The van der Waals surface area contributed by atoms with Crippen molar-refractivity contribution in [2.24, 2.45) is 4.36 Å². The summed E-state index contributed by atoms with van der Waals surface area (Å²) >= 11 is 0. The minimum absolute atomic E-state index is 0.211. The van der Waals surface area contributed by atoms with Crippen molar-refractivity contribution >= 4 is 16.5 Å². The summed E-state index contributed by atoms with van der Waals surface area (Å²) < 4.78 is 15.6. The maximum atomic E-state index is 11.9. The van der Waals surface area contributed by atoms with Crippen molar-refractivity contribution in [3.63, 3.8) is 0 Å². The third-order valence-electron chi connectivity index (χ3n) is 2.50. The quantitative estimate of drug-likeness (QED) is 0.769. The molecule has 1 aliphatic rings. The van der Waals surface area contributed by atoms with E-state index in [-0.39, 0.29) is 5.25 Å². The molecule has 1 heterocycles. The molecule has 94 valence electrons. The monoisotopic (exact) mass is 261 g/mol. The first-order valence-electron chi connectivity index (χ1n) is 5.58. The third kappa shape index (κ3) is 3.13. The topological polar surface area (TPSA) is 59.4 Å². The average Bonchev–Trinajstić information content (AvgIpc) is 2.39. The minimum Gasteiger partial charge on any atom is -0.443 e. The summed E-state index contributed by atoms with van der Waals surface area (Å²) in [5.41, 5.74) is 1.25. The second kappa shape index (κ2) is 5.73. The Morgan fingerprint density at radius 2 is 2.28 bits per heavy atom. The van der Waals surface area contributed by atoms with Crippen LogP contribution >= 0.6 is 0 Å². The molecule has 0 aromatic carbocycles. The molecule has 1 aromatic rings. The predicted molar refractivity (Wildman–Crippen MR) is 70.5 cm³/mol. The molecule has 1 amide bonds. The summed E-state index contributed by atoms with van der Waals surface area (Å²) in [5, 5.41) is -0.211. The van der Waals surface area contributed by atoms with Gasteiger partial charge in [-0.2, -0.15) is 10.6 Å². The van der Waals surface area contributed by atoms with E-state index in [9.17, 15) is 9.00 Å². The van der Waals surface area contributed by atoms with Gasteiger partial charge in [0.1, 0.15) is 0 Å². The highest BCUT2D eigenvalue weighted by molar-refractivity contribution is 7.76. The summed E-state index contributed by atoms with van der Waals surface area (Å²) in [4.78, 5) is 15.7. The van der Waals surface area contributed by atoms with Gasteiger partial charge in [-0.1, -0.05) is 29.6 Å². The van der Waals surface area contributed by atoms with E-state index in [1.165, 1.54) is 6.20 Å². The second-order valence-electron chi connectivity index (χ2n) is 4.01. The van der Waals surface area contributed by atoms with Gasteiger partial charge >= 0.3 is 0 Å². The van der Waals surface area contributed by atoms with Gasteiger partial charge in [0, 0.05) is 12.4 Å². The number of aromatic nitrogens is 1. The number of amides is 1. The zero-order chi connectivity index (χ0) is 13.0. The number of hydrogen-bond donors (Lipinski definition) is 0. The molecule has 0 saturated carbocycles. The molecule has 0 radical (unpaired) electrons. The van der Waals surface area contributed by atoms with Gasteiger partial charge in [0.15, 0.2) is 0 Å². The first kappa shape index (κ1) is 12.7. The van der Waals surface area contributed by atoms with Crippen molar-refractivity contribution in [2.45, 2.75) is 18.6 Å². The highest BCUT2D eigenvalue weighted by atomic mass is 32.2. The number of carbonyl (C=O) groups excluding carboxylic acids is 1. The predicted octanol–water partition coefficient (Wildman–Crippen LogP) is 2.56. The van der Waals surface area contributed by atoms with Crippen molar-refractivity contribution < 1.29 is 9.00 Å². The number of allylic oxidation sites excluding steroid dienone is 3. The third-order valence-corrected chi connectivity index (χ3v) is 3.71. The zero-order valence-electron chi connectivity index (χ0n) is 9.95. The molecule has 0 saturated heterocycles. The van der Waals surface area contributed by atoms with E-state index in [0.29, 0.717) is 12.0 Å². The Balaban J connectivity index is 2.18. The molecule has 5 heteroatoms. The number of pyridine rings is 1. The SMILES string of the molecule is Cc1cncc(C(=O)N=[S-](=O)C2C=CC=CC2)c1. The Bertz CT molecular complexity index is 599. The molecule has 1 atom stereocenters. The van der Waals surface area contributed by atoms with Crippen LogP contribution in [0.3, 0.4) is 0 Å².